The Kier molecular flexibility index (Phi) is 7.88. The predicted octanol–water partition coefficient (Wildman–Crippen LogP) is 5.93. The monoisotopic (exact) mass is 526 g/mol. The molecule has 8 nitrogen and oxygen atoms in total. The number of hydrogen-bond donors (Lipinski definition) is 0. The summed E-state index contributed by atoms with van der Waals surface area (Å²) in [4.78, 5) is 25.9. The van der Waals surface area contributed by atoms with E-state index in [0.717, 1.165) is 31.2 Å². The van der Waals surface area contributed by atoms with Crippen LogP contribution in [0.25, 0.3) is 0 Å². The Labute approximate surface area is 220 Å². The minimum Gasteiger partial charge on any atom is -0.321 e. The summed E-state index contributed by atoms with van der Waals surface area (Å²) < 4.78 is 6.37. The molecule has 10 heteroatoms. The van der Waals surface area contributed by atoms with Crippen molar-refractivity contribution in [2.45, 2.75) is 72.1 Å². The second-order valence-corrected chi connectivity index (χ2v) is 13.7. The fraction of sp³-hybridized carbons (Fsp3) is 0.538. The fourth-order valence-electron chi connectivity index (χ4n) is 5.09. The molecule has 2 heterocycles. The van der Waals surface area contributed by atoms with Crippen molar-refractivity contribution in [2.24, 2.45) is 11.3 Å². The smallest absolute Gasteiger partial charge is 0.321 e. The summed E-state index contributed by atoms with van der Waals surface area (Å²) in [5, 5.41) is 11.9. The molecule has 1 aromatic heterocycles. The maximum Gasteiger partial charge on any atom is 0.331 e. The van der Waals surface area contributed by atoms with Gasteiger partial charge in [-0.25, -0.2) is 14.8 Å². The number of carbonyl (C=O) groups is 1. The van der Waals surface area contributed by atoms with Gasteiger partial charge < -0.3 is 4.53 Å². The quantitative estimate of drug-likeness (QED) is 0.263. The highest BCUT2D eigenvalue weighted by atomic mass is 35.5. The molecule has 1 aromatic carbocycles. The molecule has 0 spiro atoms. The van der Waals surface area contributed by atoms with Gasteiger partial charge in [0.2, 0.25) is 9.04 Å². The zero-order chi connectivity index (χ0) is 26.0. The number of carbonyl (C=O) groups excluding carboxylic acids is 1. The lowest BCUT2D eigenvalue weighted by Crippen LogP contribution is -2.49. The molecule has 4 rings (SSSR count). The van der Waals surface area contributed by atoms with Crippen LogP contribution >= 0.6 is 11.6 Å². The van der Waals surface area contributed by atoms with Crippen LogP contribution in [0, 0.1) is 22.7 Å². The van der Waals surface area contributed by atoms with E-state index < -0.39 is 9.04 Å². The van der Waals surface area contributed by atoms with Gasteiger partial charge in [0.05, 0.1) is 29.4 Å². The van der Waals surface area contributed by atoms with E-state index in [1.165, 1.54) is 4.90 Å². The van der Waals surface area contributed by atoms with Gasteiger partial charge in [-0.2, -0.15) is 10.2 Å². The predicted molar refractivity (Wildman–Crippen MR) is 146 cm³/mol. The first kappa shape index (κ1) is 26.4. The standard InChI is InChI=1S/C26H35ClN6O2Si/c1-26(2,3)19-10-12-20(13-11-19)33(35-36(4)5)24-29-16-18-17-32(22-9-7-6-8-21(22)27)25(34)31(15-14-28)23(18)30-24/h6-9,16,19-20,36H,10-13,15,17H2,1-5H3/t19-,20-. The van der Waals surface area contributed by atoms with E-state index in [9.17, 15) is 10.1 Å². The van der Waals surface area contributed by atoms with Gasteiger partial charge in [-0.1, -0.05) is 44.5 Å². The van der Waals surface area contributed by atoms with Crippen LogP contribution in [0.1, 0.15) is 52.0 Å². The summed E-state index contributed by atoms with van der Waals surface area (Å²) in [7, 11) is -1.46. The summed E-state index contributed by atoms with van der Waals surface area (Å²) in [5.74, 6) is 1.59. The number of para-hydroxylation sites is 1. The van der Waals surface area contributed by atoms with Crippen LogP contribution in [0.5, 0.6) is 0 Å². The molecule has 0 N–H and O–H groups in total. The molecule has 36 heavy (non-hydrogen) atoms. The van der Waals surface area contributed by atoms with Crippen molar-refractivity contribution in [1.29, 1.82) is 5.26 Å². The molecular formula is C26H35ClN6O2Si. The van der Waals surface area contributed by atoms with Crippen LogP contribution < -0.4 is 14.9 Å². The molecule has 1 fully saturated rings. The number of nitriles is 1. The summed E-state index contributed by atoms with van der Waals surface area (Å²) in [6.07, 6.45) is 6.02. The van der Waals surface area contributed by atoms with E-state index in [0.29, 0.717) is 28.4 Å². The normalized spacial score (nSPS) is 20.3. The van der Waals surface area contributed by atoms with Gasteiger partial charge in [0.25, 0.3) is 5.95 Å². The fourth-order valence-corrected chi connectivity index (χ4v) is 6.04. The lowest BCUT2D eigenvalue weighted by Gasteiger charge is -2.41. The van der Waals surface area contributed by atoms with E-state index in [1.807, 2.05) is 17.2 Å². The molecule has 0 bridgehead atoms. The summed E-state index contributed by atoms with van der Waals surface area (Å²) in [6.45, 7) is 11.3. The molecule has 0 saturated heterocycles. The Balaban J connectivity index is 1.66. The van der Waals surface area contributed by atoms with E-state index in [-0.39, 0.29) is 30.6 Å². The first-order valence-electron chi connectivity index (χ1n) is 12.6. The molecule has 0 atom stereocenters. The molecule has 1 aliphatic heterocycles. The number of halogens is 1. The number of urea groups is 1. The number of amides is 2. The van der Waals surface area contributed by atoms with E-state index in [4.69, 9.17) is 26.1 Å². The van der Waals surface area contributed by atoms with Crippen molar-refractivity contribution in [3.63, 3.8) is 0 Å². The Morgan fingerprint density at radius 2 is 1.92 bits per heavy atom. The second-order valence-electron chi connectivity index (χ2n) is 10.9. The molecule has 0 unspecified atom stereocenters. The van der Waals surface area contributed by atoms with Crippen molar-refractivity contribution in [2.75, 3.05) is 21.4 Å². The number of benzene rings is 1. The molecule has 192 valence electrons. The third-order valence-electron chi connectivity index (χ3n) is 7.02. The van der Waals surface area contributed by atoms with Gasteiger partial charge in [0.15, 0.2) is 0 Å². The average Bonchev–Trinajstić information content (AvgIpc) is 2.84. The van der Waals surface area contributed by atoms with Crippen molar-refractivity contribution < 1.29 is 9.32 Å². The van der Waals surface area contributed by atoms with Crippen LogP contribution in [0.15, 0.2) is 30.5 Å². The third kappa shape index (κ3) is 5.51. The molecule has 2 amide bonds. The van der Waals surface area contributed by atoms with Crippen LogP contribution in [-0.2, 0) is 11.1 Å². The highest BCUT2D eigenvalue weighted by molar-refractivity contribution is 6.48. The number of rotatable bonds is 6. The zero-order valence-electron chi connectivity index (χ0n) is 21.7. The van der Waals surface area contributed by atoms with Gasteiger partial charge in [0.1, 0.15) is 12.4 Å². The minimum atomic E-state index is -1.46. The highest BCUT2D eigenvalue weighted by Crippen LogP contribution is 2.40. The molecule has 2 aromatic rings. The largest absolute Gasteiger partial charge is 0.331 e. The van der Waals surface area contributed by atoms with Crippen LogP contribution in [0.3, 0.4) is 0 Å². The maximum absolute atomic E-state index is 13.5. The minimum absolute atomic E-state index is 0.125. The molecule has 0 radical (unpaired) electrons. The topological polar surface area (TPSA) is 85.6 Å². The summed E-state index contributed by atoms with van der Waals surface area (Å²) >= 11 is 6.39. The lowest BCUT2D eigenvalue weighted by molar-refractivity contribution is 0.133. The second kappa shape index (κ2) is 10.7. The number of hydroxylamine groups is 1. The zero-order valence-corrected chi connectivity index (χ0v) is 23.6. The van der Waals surface area contributed by atoms with Crippen molar-refractivity contribution >= 4 is 44.1 Å². The van der Waals surface area contributed by atoms with E-state index in [1.54, 1.807) is 23.2 Å². The lowest BCUT2D eigenvalue weighted by atomic mass is 9.71. The maximum atomic E-state index is 13.5. The summed E-state index contributed by atoms with van der Waals surface area (Å²) in [6, 6.07) is 9.14. The van der Waals surface area contributed by atoms with E-state index >= 15 is 0 Å². The van der Waals surface area contributed by atoms with Crippen molar-refractivity contribution in [3.8, 4) is 6.07 Å². The van der Waals surface area contributed by atoms with Gasteiger partial charge in [-0.05, 0) is 62.2 Å². The molecule has 1 saturated carbocycles. The Morgan fingerprint density at radius 3 is 2.53 bits per heavy atom. The van der Waals surface area contributed by atoms with Crippen LogP contribution in [0.2, 0.25) is 18.1 Å². The van der Waals surface area contributed by atoms with Crippen molar-refractivity contribution in [1.82, 2.24) is 9.97 Å². The first-order valence-corrected chi connectivity index (χ1v) is 15.8. The van der Waals surface area contributed by atoms with Gasteiger partial charge in [0, 0.05) is 11.8 Å². The molecule has 1 aliphatic carbocycles. The van der Waals surface area contributed by atoms with E-state index in [2.05, 4.69) is 39.9 Å². The number of anilines is 3. The SMILES string of the molecule is C[SiH](C)ON(c1ncc2c(n1)N(CC#N)C(=O)N(c1ccccc1Cl)C2)[C@H]1CC[C@H](C(C)(C)C)CC1. The van der Waals surface area contributed by atoms with Gasteiger partial charge in [-0.3, -0.25) is 9.80 Å². The van der Waals surface area contributed by atoms with Crippen molar-refractivity contribution in [3.05, 3.63) is 41.0 Å². The Bertz CT molecular complexity index is 1140. The average molecular weight is 527 g/mol. The van der Waals surface area contributed by atoms with Gasteiger partial charge in [-0.15, -0.1) is 0 Å². The number of hydrogen-bond acceptors (Lipinski definition) is 6. The van der Waals surface area contributed by atoms with Crippen LogP contribution in [-0.4, -0.2) is 37.6 Å². The third-order valence-corrected chi connectivity index (χ3v) is 7.99. The molecular weight excluding hydrogens is 492 g/mol. The Morgan fingerprint density at radius 1 is 1.22 bits per heavy atom. The Hall–Kier alpha value is -2.67. The first-order chi connectivity index (χ1) is 17.1. The number of nitrogens with zero attached hydrogens (tertiary/aromatic N) is 6. The highest BCUT2D eigenvalue weighted by Gasteiger charge is 2.37. The van der Waals surface area contributed by atoms with Crippen LogP contribution in [0.4, 0.5) is 22.2 Å². The van der Waals surface area contributed by atoms with Gasteiger partial charge >= 0.3 is 6.03 Å². The number of aromatic nitrogens is 2. The molecule has 2 aliphatic rings. The number of fused-ring (bicyclic) bond motifs is 1. The summed E-state index contributed by atoms with van der Waals surface area (Å²) in [5.41, 5.74) is 1.64.